The summed E-state index contributed by atoms with van der Waals surface area (Å²) in [7, 11) is 0. The number of rotatable bonds is 3. The van der Waals surface area contributed by atoms with Crippen LogP contribution < -0.4 is 0 Å². The van der Waals surface area contributed by atoms with Crippen molar-refractivity contribution in [2.45, 2.75) is 25.1 Å². The van der Waals surface area contributed by atoms with Gasteiger partial charge in [-0.3, -0.25) is 0 Å². The van der Waals surface area contributed by atoms with E-state index < -0.39 is 0 Å². The van der Waals surface area contributed by atoms with Gasteiger partial charge in [0, 0.05) is 10.6 Å². The Hall–Kier alpha value is -0.450. The predicted molar refractivity (Wildman–Crippen MR) is 77.1 cm³/mol. The van der Waals surface area contributed by atoms with Crippen molar-refractivity contribution in [1.29, 1.82) is 0 Å². The fourth-order valence-corrected chi connectivity index (χ4v) is 3.11. The fraction of sp³-hybridized carbons (Fsp3) is 0.333. The van der Waals surface area contributed by atoms with E-state index >= 15 is 0 Å². The van der Waals surface area contributed by atoms with E-state index in [4.69, 9.17) is 11.6 Å². The Morgan fingerprint density at radius 3 is 2.82 bits per heavy atom. The van der Waals surface area contributed by atoms with E-state index in [9.17, 15) is 0 Å². The van der Waals surface area contributed by atoms with Crippen LogP contribution in [0.15, 0.2) is 18.2 Å². The first-order chi connectivity index (χ1) is 8.11. The van der Waals surface area contributed by atoms with Gasteiger partial charge >= 0.3 is 0 Å². The van der Waals surface area contributed by atoms with E-state index in [1.54, 1.807) is 11.3 Å². The molecule has 5 heteroatoms. The maximum atomic E-state index is 5.94. The second kappa shape index (κ2) is 5.46. The molecular weight excluding hydrogens is 320 g/mol. The van der Waals surface area contributed by atoms with Crippen LogP contribution in [0.3, 0.4) is 0 Å². The molecular formula is C12H12BrClN2S. The van der Waals surface area contributed by atoms with Gasteiger partial charge in [-0.1, -0.05) is 51.9 Å². The van der Waals surface area contributed by atoms with Crippen molar-refractivity contribution >= 4 is 38.9 Å². The fourth-order valence-electron chi connectivity index (χ4n) is 1.51. The van der Waals surface area contributed by atoms with Crippen LogP contribution in [-0.2, 0) is 0 Å². The standard InChI is InChI=1S/C12H12BrClN2S/c1-3-10(13)12-16-15-11(17-12)9-5-4-8(14)6-7(9)2/h4-6,10H,3H2,1-2H3. The monoisotopic (exact) mass is 330 g/mol. The van der Waals surface area contributed by atoms with Gasteiger partial charge in [-0.15, -0.1) is 10.2 Å². The molecule has 0 radical (unpaired) electrons. The summed E-state index contributed by atoms with van der Waals surface area (Å²) < 4.78 is 0. The van der Waals surface area contributed by atoms with Gasteiger partial charge in [0.2, 0.25) is 0 Å². The lowest BCUT2D eigenvalue weighted by Gasteiger charge is -2.01. The summed E-state index contributed by atoms with van der Waals surface area (Å²) in [5, 5.41) is 11.2. The molecule has 1 aromatic carbocycles. The molecule has 1 atom stereocenters. The summed E-state index contributed by atoms with van der Waals surface area (Å²) in [6.07, 6.45) is 1.01. The maximum Gasteiger partial charge on any atom is 0.148 e. The molecule has 1 heterocycles. The van der Waals surface area contributed by atoms with E-state index in [2.05, 4.69) is 33.1 Å². The Bertz CT molecular complexity index is 527. The molecule has 17 heavy (non-hydrogen) atoms. The SMILES string of the molecule is CCC(Br)c1nnc(-c2ccc(Cl)cc2C)s1. The highest BCUT2D eigenvalue weighted by Crippen LogP contribution is 2.34. The third-order valence-corrected chi connectivity index (χ3v) is 5.18. The van der Waals surface area contributed by atoms with E-state index in [0.29, 0.717) is 4.83 Å². The summed E-state index contributed by atoms with van der Waals surface area (Å²) in [6, 6.07) is 5.83. The number of alkyl halides is 1. The van der Waals surface area contributed by atoms with Crippen molar-refractivity contribution in [2.75, 3.05) is 0 Å². The van der Waals surface area contributed by atoms with Crippen LogP contribution in [0.25, 0.3) is 10.6 Å². The molecule has 1 aromatic heterocycles. The number of aromatic nitrogens is 2. The molecule has 90 valence electrons. The Morgan fingerprint density at radius 1 is 1.41 bits per heavy atom. The number of aryl methyl sites for hydroxylation is 1. The Labute approximate surface area is 118 Å². The number of benzene rings is 1. The molecule has 0 aliphatic heterocycles. The average molecular weight is 332 g/mol. The average Bonchev–Trinajstić information content (AvgIpc) is 2.77. The highest BCUT2D eigenvalue weighted by atomic mass is 79.9. The van der Waals surface area contributed by atoms with Crippen molar-refractivity contribution in [2.24, 2.45) is 0 Å². The van der Waals surface area contributed by atoms with Crippen molar-refractivity contribution in [3.8, 4) is 10.6 Å². The quantitative estimate of drug-likeness (QED) is 0.739. The van der Waals surface area contributed by atoms with Crippen LogP contribution in [0.5, 0.6) is 0 Å². The molecule has 1 unspecified atom stereocenters. The molecule has 0 aliphatic carbocycles. The highest BCUT2D eigenvalue weighted by Gasteiger charge is 2.13. The Morgan fingerprint density at radius 2 is 2.18 bits per heavy atom. The second-order valence-electron chi connectivity index (χ2n) is 3.78. The molecule has 0 aliphatic rings. The first kappa shape index (κ1) is 13.0. The first-order valence-electron chi connectivity index (χ1n) is 5.35. The molecule has 0 spiro atoms. The summed E-state index contributed by atoms with van der Waals surface area (Å²) in [6.45, 7) is 4.15. The molecule has 2 aromatic rings. The molecule has 0 saturated heterocycles. The molecule has 0 saturated carbocycles. The lowest BCUT2D eigenvalue weighted by molar-refractivity contribution is 0.870. The molecule has 2 nitrogen and oxygen atoms in total. The van der Waals surface area contributed by atoms with Crippen molar-refractivity contribution in [3.05, 3.63) is 33.8 Å². The zero-order valence-electron chi connectivity index (χ0n) is 9.58. The normalized spacial score (nSPS) is 12.7. The highest BCUT2D eigenvalue weighted by molar-refractivity contribution is 9.09. The third kappa shape index (κ3) is 2.87. The number of hydrogen-bond acceptors (Lipinski definition) is 3. The van der Waals surface area contributed by atoms with Gasteiger partial charge in [0.25, 0.3) is 0 Å². The van der Waals surface area contributed by atoms with Gasteiger partial charge in [0.1, 0.15) is 10.0 Å². The lowest BCUT2D eigenvalue weighted by Crippen LogP contribution is -1.85. The Kier molecular flexibility index (Phi) is 4.17. The minimum atomic E-state index is 0.293. The van der Waals surface area contributed by atoms with Crippen molar-refractivity contribution in [1.82, 2.24) is 10.2 Å². The van der Waals surface area contributed by atoms with E-state index in [0.717, 1.165) is 32.6 Å². The van der Waals surface area contributed by atoms with Gasteiger partial charge in [0.05, 0.1) is 4.83 Å². The van der Waals surface area contributed by atoms with Gasteiger partial charge in [-0.25, -0.2) is 0 Å². The summed E-state index contributed by atoms with van der Waals surface area (Å²) in [5.41, 5.74) is 2.23. The molecule has 0 fully saturated rings. The number of hydrogen-bond donors (Lipinski definition) is 0. The van der Waals surface area contributed by atoms with Gasteiger partial charge < -0.3 is 0 Å². The summed E-state index contributed by atoms with van der Waals surface area (Å²) >= 11 is 11.2. The Balaban J connectivity index is 2.37. The predicted octanol–water partition coefficient (Wildman–Crippen LogP) is 5.01. The van der Waals surface area contributed by atoms with Gasteiger partial charge in [0.15, 0.2) is 0 Å². The molecule has 0 bridgehead atoms. The van der Waals surface area contributed by atoms with Crippen molar-refractivity contribution in [3.63, 3.8) is 0 Å². The van der Waals surface area contributed by atoms with Crippen LogP contribution in [0.4, 0.5) is 0 Å². The smallest absolute Gasteiger partial charge is 0.142 e. The van der Waals surface area contributed by atoms with Crippen LogP contribution in [0.2, 0.25) is 5.02 Å². The largest absolute Gasteiger partial charge is 0.148 e. The second-order valence-corrected chi connectivity index (χ2v) is 6.33. The lowest BCUT2D eigenvalue weighted by atomic mass is 10.1. The van der Waals surface area contributed by atoms with E-state index in [1.807, 2.05) is 25.1 Å². The van der Waals surface area contributed by atoms with Gasteiger partial charge in [-0.2, -0.15) is 0 Å². The van der Waals surface area contributed by atoms with Gasteiger partial charge in [-0.05, 0) is 31.0 Å². The molecule has 0 N–H and O–H groups in total. The molecule has 0 amide bonds. The van der Waals surface area contributed by atoms with E-state index in [1.165, 1.54) is 0 Å². The summed E-state index contributed by atoms with van der Waals surface area (Å²) in [5.74, 6) is 0. The van der Waals surface area contributed by atoms with Crippen LogP contribution in [0, 0.1) is 6.92 Å². The van der Waals surface area contributed by atoms with Crippen LogP contribution >= 0.6 is 38.9 Å². The maximum absolute atomic E-state index is 5.94. The zero-order chi connectivity index (χ0) is 12.4. The third-order valence-electron chi connectivity index (χ3n) is 2.49. The minimum absolute atomic E-state index is 0.293. The topological polar surface area (TPSA) is 25.8 Å². The van der Waals surface area contributed by atoms with Crippen LogP contribution in [0.1, 0.15) is 28.7 Å². The first-order valence-corrected chi connectivity index (χ1v) is 7.46. The van der Waals surface area contributed by atoms with Crippen molar-refractivity contribution < 1.29 is 0 Å². The summed E-state index contributed by atoms with van der Waals surface area (Å²) in [4.78, 5) is 0.293. The number of nitrogens with zero attached hydrogens (tertiary/aromatic N) is 2. The zero-order valence-corrected chi connectivity index (χ0v) is 12.7. The minimum Gasteiger partial charge on any atom is -0.142 e. The molecule has 2 rings (SSSR count). The van der Waals surface area contributed by atoms with E-state index in [-0.39, 0.29) is 0 Å². The van der Waals surface area contributed by atoms with Crippen LogP contribution in [-0.4, -0.2) is 10.2 Å². The number of halogens is 2.